The van der Waals surface area contributed by atoms with E-state index in [2.05, 4.69) is 50.5 Å². The van der Waals surface area contributed by atoms with Gasteiger partial charge in [-0.05, 0) is 36.9 Å². The Kier molecular flexibility index (Phi) is 5.83. The molecule has 1 aromatic carbocycles. The fourth-order valence-electron chi connectivity index (χ4n) is 3.74. The third-order valence-corrected chi connectivity index (χ3v) is 5.11. The molecule has 0 heterocycles. The first-order chi connectivity index (χ1) is 10.1. The number of likely N-dealkylation sites (N-methyl/N-ethyl adjacent to an activating group) is 1. The van der Waals surface area contributed by atoms with Gasteiger partial charge in [0.15, 0.2) is 0 Å². The van der Waals surface area contributed by atoms with Crippen LogP contribution in [0.5, 0.6) is 0 Å². The number of ether oxygens (including phenoxy) is 1. The Balaban J connectivity index is 2.27. The molecule has 0 amide bonds. The number of hydrogen-bond donors (Lipinski definition) is 1. The van der Waals surface area contributed by atoms with Gasteiger partial charge in [0.05, 0.1) is 11.6 Å². The number of benzene rings is 1. The van der Waals surface area contributed by atoms with Crippen molar-refractivity contribution in [3.8, 4) is 0 Å². The van der Waals surface area contributed by atoms with Gasteiger partial charge in [-0.1, -0.05) is 63.8 Å². The van der Waals surface area contributed by atoms with Crippen LogP contribution in [0, 0.1) is 0 Å². The molecule has 2 heteroatoms. The quantitative estimate of drug-likeness (QED) is 0.785. The third kappa shape index (κ3) is 3.67. The van der Waals surface area contributed by atoms with Crippen molar-refractivity contribution in [3.05, 3.63) is 35.4 Å². The molecule has 1 atom stereocenters. The predicted molar refractivity (Wildman–Crippen MR) is 89.8 cm³/mol. The fourth-order valence-corrected chi connectivity index (χ4v) is 3.74. The van der Waals surface area contributed by atoms with Gasteiger partial charge in [0, 0.05) is 7.11 Å². The lowest BCUT2D eigenvalue weighted by molar-refractivity contribution is -0.0522. The maximum absolute atomic E-state index is 6.08. The highest BCUT2D eigenvalue weighted by Crippen LogP contribution is 2.40. The largest absolute Gasteiger partial charge is 0.376 e. The Bertz CT molecular complexity index is 416. The van der Waals surface area contributed by atoms with Gasteiger partial charge >= 0.3 is 0 Å². The first kappa shape index (κ1) is 16.5. The average Bonchev–Trinajstić information content (AvgIpc) is 2.75. The van der Waals surface area contributed by atoms with Crippen molar-refractivity contribution in [1.29, 1.82) is 0 Å². The molecule has 2 rings (SSSR count). The SMILES string of the molecule is CNC(c1ccc(C(C)C)cc1)C1(OC)CCCCCC1. The highest BCUT2D eigenvalue weighted by atomic mass is 16.5. The minimum absolute atomic E-state index is 0.0510. The van der Waals surface area contributed by atoms with Gasteiger partial charge in [-0.15, -0.1) is 0 Å². The predicted octanol–water partition coefficient (Wildman–Crippen LogP) is 4.81. The van der Waals surface area contributed by atoms with Crippen molar-refractivity contribution >= 4 is 0 Å². The maximum Gasteiger partial charge on any atom is 0.0872 e. The second-order valence-corrected chi connectivity index (χ2v) is 6.73. The summed E-state index contributed by atoms with van der Waals surface area (Å²) in [5.41, 5.74) is 2.71. The Labute approximate surface area is 130 Å². The van der Waals surface area contributed by atoms with E-state index in [1.54, 1.807) is 0 Å². The molecule has 21 heavy (non-hydrogen) atoms. The normalized spacial score (nSPS) is 20.2. The Morgan fingerprint density at radius 3 is 1.90 bits per heavy atom. The molecule has 1 fully saturated rings. The van der Waals surface area contributed by atoms with Crippen LogP contribution in [0.25, 0.3) is 0 Å². The van der Waals surface area contributed by atoms with Crippen LogP contribution in [0.4, 0.5) is 0 Å². The summed E-state index contributed by atoms with van der Waals surface area (Å²) in [4.78, 5) is 0. The molecule has 1 N–H and O–H groups in total. The maximum atomic E-state index is 6.08. The molecule has 0 aromatic heterocycles. The molecule has 118 valence electrons. The smallest absolute Gasteiger partial charge is 0.0872 e. The summed E-state index contributed by atoms with van der Waals surface area (Å²) < 4.78 is 6.08. The summed E-state index contributed by atoms with van der Waals surface area (Å²) in [7, 11) is 3.95. The second-order valence-electron chi connectivity index (χ2n) is 6.73. The molecule has 1 aromatic rings. The summed E-state index contributed by atoms with van der Waals surface area (Å²) >= 11 is 0. The Morgan fingerprint density at radius 2 is 1.48 bits per heavy atom. The van der Waals surface area contributed by atoms with E-state index in [0.717, 1.165) is 12.8 Å². The van der Waals surface area contributed by atoms with E-state index < -0.39 is 0 Å². The Morgan fingerprint density at radius 1 is 0.952 bits per heavy atom. The molecular weight excluding hydrogens is 258 g/mol. The zero-order chi connectivity index (χ0) is 15.3. The van der Waals surface area contributed by atoms with Gasteiger partial charge in [0.25, 0.3) is 0 Å². The molecule has 0 aliphatic heterocycles. The lowest BCUT2D eigenvalue weighted by Gasteiger charge is -2.39. The van der Waals surface area contributed by atoms with E-state index in [-0.39, 0.29) is 11.6 Å². The average molecular weight is 289 g/mol. The minimum Gasteiger partial charge on any atom is -0.376 e. The van der Waals surface area contributed by atoms with E-state index in [0.29, 0.717) is 5.92 Å². The fraction of sp³-hybridized carbons (Fsp3) is 0.684. The summed E-state index contributed by atoms with van der Waals surface area (Å²) in [6.45, 7) is 4.49. The van der Waals surface area contributed by atoms with Gasteiger partial charge < -0.3 is 10.1 Å². The van der Waals surface area contributed by atoms with Crippen molar-refractivity contribution in [1.82, 2.24) is 5.32 Å². The molecule has 1 saturated carbocycles. The van der Waals surface area contributed by atoms with Crippen molar-refractivity contribution < 1.29 is 4.74 Å². The molecular formula is C19H31NO. The van der Waals surface area contributed by atoms with E-state index >= 15 is 0 Å². The van der Waals surface area contributed by atoms with Crippen molar-refractivity contribution in [2.24, 2.45) is 0 Å². The molecule has 2 nitrogen and oxygen atoms in total. The monoisotopic (exact) mass is 289 g/mol. The molecule has 1 aliphatic carbocycles. The lowest BCUT2D eigenvalue weighted by atomic mass is 9.81. The molecule has 0 saturated heterocycles. The van der Waals surface area contributed by atoms with Crippen LogP contribution in [-0.4, -0.2) is 19.8 Å². The van der Waals surface area contributed by atoms with Crippen LogP contribution in [0.1, 0.15) is 75.5 Å². The number of rotatable bonds is 5. The van der Waals surface area contributed by atoms with Crippen LogP contribution in [0.15, 0.2) is 24.3 Å². The van der Waals surface area contributed by atoms with Gasteiger partial charge in [-0.25, -0.2) is 0 Å². The standard InChI is InChI=1S/C19H31NO/c1-15(2)16-9-11-17(12-10-16)18(20-3)19(21-4)13-7-5-6-8-14-19/h9-12,15,18,20H,5-8,13-14H2,1-4H3. The number of nitrogens with one attached hydrogen (secondary N) is 1. The van der Waals surface area contributed by atoms with E-state index in [4.69, 9.17) is 4.74 Å². The first-order valence-electron chi connectivity index (χ1n) is 8.45. The van der Waals surface area contributed by atoms with Crippen molar-refractivity contribution in [2.45, 2.75) is 69.9 Å². The summed E-state index contributed by atoms with van der Waals surface area (Å²) in [6, 6.07) is 9.38. The van der Waals surface area contributed by atoms with Crippen LogP contribution < -0.4 is 5.32 Å². The van der Waals surface area contributed by atoms with Crippen LogP contribution in [0.3, 0.4) is 0 Å². The summed E-state index contributed by atoms with van der Waals surface area (Å²) in [5, 5.41) is 3.53. The van der Waals surface area contributed by atoms with Crippen molar-refractivity contribution in [3.63, 3.8) is 0 Å². The van der Waals surface area contributed by atoms with Gasteiger partial charge in [0.1, 0.15) is 0 Å². The first-order valence-corrected chi connectivity index (χ1v) is 8.45. The van der Waals surface area contributed by atoms with Gasteiger partial charge in [-0.3, -0.25) is 0 Å². The topological polar surface area (TPSA) is 21.3 Å². The van der Waals surface area contributed by atoms with E-state index in [1.807, 2.05) is 7.11 Å². The van der Waals surface area contributed by atoms with Crippen LogP contribution >= 0.6 is 0 Å². The summed E-state index contributed by atoms with van der Waals surface area (Å²) in [5.74, 6) is 0.585. The zero-order valence-electron chi connectivity index (χ0n) is 14.1. The highest BCUT2D eigenvalue weighted by molar-refractivity contribution is 5.29. The zero-order valence-corrected chi connectivity index (χ0v) is 14.1. The minimum atomic E-state index is -0.0510. The van der Waals surface area contributed by atoms with E-state index in [9.17, 15) is 0 Å². The van der Waals surface area contributed by atoms with Crippen LogP contribution in [-0.2, 0) is 4.74 Å². The molecule has 1 aliphatic rings. The third-order valence-electron chi connectivity index (χ3n) is 5.11. The molecule has 0 radical (unpaired) electrons. The van der Waals surface area contributed by atoms with Crippen LogP contribution in [0.2, 0.25) is 0 Å². The van der Waals surface area contributed by atoms with Gasteiger partial charge in [0.2, 0.25) is 0 Å². The second kappa shape index (κ2) is 7.42. The van der Waals surface area contributed by atoms with Crippen molar-refractivity contribution in [2.75, 3.05) is 14.2 Å². The molecule has 1 unspecified atom stereocenters. The molecule has 0 spiro atoms. The molecule has 0 bridgehead atoms. The van der Waals surface area contributed by atoms with Gasteiger partial charge in [-0.2, -0.15) is 0 Å². The Hall–Kier alpha value is -0.860. The summed E-state index contributed by atoms with van der Waals surface area (Å²) in [6.07, 6.45) is 7.54. The van der Waals surface area contributed by atoms with E-state index in [1.165, 1.54) is 36.8 Å². The highest BCUT2D eigenvalue weighted by Gasteiger charge is 2.39. The number of hydrogen-bond acceptors (Lipinski definition) is 2. The number of methoxy groups -OCH3 is 1. The lowest BCUT2D eigenvalue weighted by Crippen LogP contribution is -2.44.